The normalized spacial score (nSPS) is 13.3. The van der Waals surface area contributed by atoms with Gasteiger partial charge in [-0.2, -0.15) is 0 Å². The first-order valence-corrected chi connectivity index (χ1v) is 20.1. The molecule has 0 aromatic carbocycles. The molecule has 294 valence electrons. The van der Waals surface area contributed by atoms with E-state index in [9.17, 15) is 14.4 Å². The second kappa shape index (κ2) is 40.6. The summed E-state index contributed by atoms with van der Waals surface area (Å²) < 4.78 is 16.5. The molecule has 0 N–H and O–H groups in total. The summed E-state index contributed by atoms with van der Waals surface area (Å²) in [6.07, 6.45) is 55.0. The van der Waals surface area contributed by atoms with E-state index in [1.807, 2.05) is 54.7 Å². The molecule has 0 aromatic heterocycles. The molecule has 0 fully saturated rings. The van der Waals surface area contributed by atoms with Crippen molar-refractivity contribution in [3.8, 4) is 0 Å². The lowest BCUT2D eigenvalue weighted by molar-refractivity contribution is -0.166. The minimum absolute atomic E-state index is 0.117. The fourth-order valence-corrected chi connectivity index (χ4v) is 4.69. The van der Waals surface area contributed by atoms with Gasteiger partial charge in [0.25, 0.3) is 0 Å². The van der Waals surface area contributed by atoms with Gasteiger partial charge in [0.2, 0.25) is 0 Å². The Morgan fingerprint density at radius 3 is 1.40 bits per heavy atom. The molecule has 0 saturated heterocycles. The van der Waals surface area contributed by atoms with Crippen LogP contribution in [0.3, 0.4) is 0 Å². The number of allylic oxidation sites excluding steroid dienone is 19. The molecule has 6 nitrogen and oxygen atoms in total. The molecule has 0 aliphatic carbocycles. The number of hydrogen-bond acceptors (Lipinski definition) is 6. The van der Waals surface area contributed by atoms with Crippen molar-refractivity contribution in [2.24, 2.45) is 0 Å². The smallest absolute Gasteiger partial charge is 0.309 e. The standard InChI is InChI=1S/C47H70O6/c1-4-7-10-13-16-19-21-23-25-28-31-34-37-40-46(49)52-43-44(42-51-45(48)39-36-33-30-27-18-15-12-9-6-3)53-47(50)41-38-35-32-29-26-24-22-20-17-14-11-8-5-2/h7-14,16-23,25,27,33,36,44H,4-6,15,24,26,28-32,34-35,37-43H2,1-3H3/b10-7-,11-8-,12-9-,16-13-,17-14-,21-19-,22-20-,25-23-,27-18-,36-33-. The van der Waals surface area contributed by atoms with E-state index in [1.165, 1.54) is 0 Å². The first-order chi connectivity index (χ1) is 26.0. The number of rotatable bonds is 33. The molecule has 0 radical (unpaired) electrons. The van der Waals surface area contributed by atoms with Gasteiger partial charge in [0.05, 0.1) is 6.42 Å². The van der Waals surface area contributed by atoms with Gasteiger partial charge in [-0.15, -0.1) is 0 Å². The Hall–Kier alpha value is -4.19. The molecule has 6 heteroatoms. The average molecular weight is 731 g/mol. The Balaban J connectivity index is 4.60. The molecular formula is C47H70O6. The number of carbonyl (C=O) groups excluding carboxylic acids is 3. The van der Waals surface area contributed by atoms with Crippen molar-refractivity contribution in [3.05, 3.63) is 122 Å². The molecule has 0 heterocycles. The SMILES string of the molecule is CC\C=C/C=C\C=C/C=C\CCCCCC(=O)OCC(COC(=O)C/C=C\C/C=C\C/C=C\CC)OC(=O)CCCCCCC\C=C/C=C\C=C/CC. The van der Waals surface area contributed by atoms with E-state index >= 15 is 0 Å². The van der Waals surface area contributed by atoms with E-state index in [-0.39, 0.29) is 44.4 Å². The van der Waals surface area contributed by atoms with Gasteiger partial charge < -0.3 is 14.2 Å². The van der Waals surface area contributed by atoms with Crippen molar-refractivity contribution in [1.29, 1.82) is 0 Å². The predicted octanol–water partition coefficient (Wildman–Crippen LogP) is 12.6. The van der Waals surface area contributed by atoms with Crippen LogP contribution in [0.15, 0.2) is 122 Å². The number of hydrogen-bond donors (Lipinski definition) is 0. The van der Waals surface area contributed by atoms with Crippen molar-refractivity contribution >= 4 is 17.9 Å². The van der Waals surface area contributed by atoms with Crippen LogP contribution in [0.5, 0.6) is 0 Å². The maximum Gasteiger partial charge on any atom is 0.309 e. The summed E-state index contributed by atoms with van der Waals surface area (Å²) in [5.41, 5.74) is 0. The van der Waals surface area contributed by atoms with Crippen LogP contribution < -0.4 is 0 Å². The van der Waals surface area contributed by atoms with Crippen LogP contribution in [-0.2, 0) is 28.6 Å². The van der Waals surface area contributed by atoms with Crippen molar-refractivity contribution < 1.29 is 28.6 Å². The van der Waals surface area contributed by atoms with Crippen LogP contribution in [-0.4, -0.2) is 37.2 Å². The average Bonchev–Trinajstić information content (AvgIpc) is 3.15. The second-order valence-electron chi connectivity index (χ2n) is 12.6. The second-order valence-corrected chi connectivity index (χ2v) is 12.6. The molecule has 0 aliphatic heterocycles. The van der Waals surface area contributed by atoms with Crippen LogP contribution in [0.2, 0.25) is 0 Å². The highest BCUT2D eigenvalue weighted by atomic mass is 16.6. The highest BCUT2D eigenvalue weighted by Gasteiger charge is 2.19. The minimum Gasteiger partial charge on any atom is -0.462 e. The molecule has 1 unspecified atom stereocenters. The first kappa shape index (κ1) is 48.8. The summed E-state index contributed by atoms with van der Waals surface area (Å²) in [5, 5.41) is 0. The Labute approximate surface area is 322 Å². The third kappa shape index (κ3) is 38.9. The predicted molar refractivity (Wildman–Crippen MR) is 223 cm³/mol. The Morgan fingerprint density at radius 2 is 0.830 bits per heavy atom. The van der Waals surface area contributed by atoms with Crippen LogP contribution in [0, 0.1) is 0 Å². The van der Waals surface area contributed by atoms with Crippen molar-refractivity contribution in [2.75, 3.05) is 13.2 Å². The molecule has 0 aliphatic rings. The third-order valence-corrected chi connectivity index (χ3v) is 7.63. The van der Waals surface area contributed by atoms with Gasteiger partial charge in [0, 0.05) is 12.8 Å². The minimum atomic E-state index is -0.840. The molecule has 0 saturated carbocycles. The zero-order chi connectivity index (χ0) is 38.7. The Bertz CT molecular complexity index is 1210. The largest absolute Gasteiger partial charge is 0.462 e. The van der Waals surface area contributed by atoms with Gasteiger partial charge in [-0.3, -0.25) is 14.4 Å². The zero-order valence-electron chi connectivity index (χ0n) is 33.2. The molecule has 0 spiro atoms. The van der Waals surface area contributed by atoms with Gasteiger partial charge in [-0.1, -0.05) is 168 Å². The van der Waals surface area contributed by atoms with Crippen LogP contribution in [0.25, 0.3) is 0 Å². The molecule has 53 heavy (non-hydrogen) atoms. The summed E-state index contributed by atoms with van der Waals surface area (Å²) in [7, 11) is 0. The molecule has 0 amide bonds. The maximum atomic E-state index is 12.6. The fraction of sp³-hybridized carbons (Fsp3) is 0.511. The van der Waals surface area contributed by atoms with Crippen LogP contribution >= 0.6 is 0 Å². The van der Waals surface area contributed by atoms with E-state index in [0.29, 0.717) is 0 Å². The lowest BCUT2D eigenvalue weighted by Crippen LogP contribution is -2.30. The zero-order valence-corrected chi connectivity index (χ0v) is 33.2. The van der Waals surface area contributed by atoms with Gasteiger partial charge in [-0.25, -0.2) is 0 Å². The molecule has 0 bridgehead atoms. The van der Waals surface area contributed by atoms with Gasteiger partial charge in [-0.05, 0) is 70.6 Å². The number of ether oxygens (including phenoxy) is 3. The highest BCUT2D eigenvalue weighted by Crippen LogP contribution is 2.11. The van der Waals surface area contributed by atoms with Crippen LogP contribution in [0.4, 0.5) is 0 Å². The molecule has 0 aromatic rings. The fourth-order valence-electron chi connectivity index (χ4n) is 4.69. The molecule has 1 atom stereocenters. The topological polar surface area (TPSA) is 78.9 Å². The molecular weight excluding hydrogens is 661 g/mol. The van der Waals surface area contributed by atoms with E-state index in [0.717, 1.165) is 96.3 Å². The lowest BCUT2D eigenvalue weighted by Gasteiger charge is -2.18. The number of carbonyl (C=O) groups is 3. The van der Waals surface area contributed by atoms with E-state index in [1.54, 1.807) is 6.08 Å². The Kier molecular flexibility index (Phi) is 37.4. The quantitative estimate of drug-likeness (QED) is 0.0220. The number of esters is 3. The van der Waals surface area contributed by atoms with E-state index in [4.69, 9.17) is 14.2 Å². The summed E-state index contributed by atoms with van der Waals surface area (Å²) in [6, 6.07) is 0. The Morgan fingerprint density at radius 1 is 0.415 bits per heavy atom. The molecule has 0 rings (SSSR count). The lowest BCUT2D eigenvalue weighted by atomic mass is 10.1. The van der Waals surface area contributed by atoms with Gasteiger partial charge in [0.15, 0.2) is 6.10 Å². The summed E-state index contributed by atoms with van der Waals surface area (Å²) in [4.78, 5) is 37.5. The van der Waals surface area contributed by atoms with Crippen molar-refractivity contribution in [2.45, 2.75) is 142 Å². The summed E-state index contributed by atoms with van der Waals surface area (Å²) >= 11 is 0. The van der Waals surface area contributed by atoms with Crippen LogP contribution in [0.1, 0.15) is 136 Å². The van der Waals surface area contributed by atoms with E-state index < -0.39 is 12.1 Å². The maximum absolute atomic E-state index is 12.6. The first-order valence-electron chi connectivity index (χ1n) is 20.1. The monoisotopic (exact) mass is 731 g/mol. The third-order valence-electron chi connectivity index (χ3n) is 7.63. The number of unbranched alkanes of at least 4 members (excludes halogenated alkanes) is 8. The van der Waals surface area contributed by atoms with Crippen molar-refractivity contribution in [1.82, 2.24) is 0 Å². The summed E-state index contributed by atoms with van der Waals surface area (Å²) in [5.74, 6) is -1.14. The van der Waals surface area contributed by atoms with Crippen molar-refractivity contribution in [3.63, 3.8) is 0 Å². The van der Waals surface area contributed by atoms with Gasteiger partial charge >= 0.3 is 17.9 Å². The van der Waals surface area contributed by atoms with Gasteiger partial charge in [0.1, 0.15) is 13.2 Å². The van der Waals surface area contributed by atoms with E-state index in [2.05, 4.69) is 81.5 Å². The highest BCUT2D eigenvalue weighted by molar-refractivity contribution is 5.72. The summed E-state index contributed by atoms with van der Waals surface area (Å²) in [6.45, 7) is 6.04.